The Labute approximate surface area is 87.6 Å². The van der Waals surface area contributed by atoms with Gasteiger partial charge in [-0.2, -0.15) is 0 Å². The lowest BCUT2D eigenvalue weighted by Gasteiger charge is -2.18. The van der Waals surface area contributed by atoms with Crippen molar-refractivity contribution in [3.8, 4) is 0 Å². The molecular weight excluding hydrogens is 202 g/mol. The third-order valence-corrected chi connectivity index (χ3v) is 2.74. The van der Waals surface area contributed by atoms with Crippen molar-refractivity contribution in [2.24, 2.45) is 5.73 Å². The lowest BCUT2D eigenvalue weighted by molar-refractivity contribution is 0.832. The van der Waals surface area contributed by atoms with E-state index in [4.69, 9.17) is 18.0 Å². The standard InChI is InChI=1S/C8H13N3S2/c1-2-11(5-3-7(9)12)8-10-4-6-13-8/h4,6H,2-3,5H2,1H3,(H2,9,12). The van der Waals surface area contributed by atoms with Crippen LogP contribution in [0.1, 0.15) is 13.3 Å². The highest BCUT2D eigenvalue weighted by Gasteiger charge is 2.05. The van der Waals surface area contributed by atoms with Gasteiger partial charge in [0.25, 0.3) is 0 Å². The molecule has 1 heterocycles. The lowest BCUT2D eigenvalue weighted by atomic mass is 10.4. The zero-order valence-electron chi connectivity index (χ0n) is 7.56. The fourth-order valence-electron chi connectivity index (χ4n) is 1.01. The summed E-state index contributed by atoms with van der Waals surface area (Å²) < 4.78 is 0. The number of anilines is 1. The third-order valence-electron chi connectivity index (χ3n) is 1.70. The molecule has 2 N–H and O–H groups in total. The van der Waals surface area contributed by atoms with Gasteiger partial charge in [0.15, 0.2) is 5.13 Å². The van der Waals surface area contributed by atoms with Crippen LogP contribution in [0.15, 0.2) is 11.6 Å². The van der Waals surface area contributed by atoms with Gasteiger partial charge in [-0.3, -0.25) is 0 Å². The molecule has 1 aromatic rings. The van der Waals surface area contributed by atoms with Crippen LogP contribution in [0.4, 0.5) is 5.13 Å². The molecule has 1 rings (SSSR count). The number of hydrogen-bond donors (Lipinski definition) is 1. The van der Waals surface area contributed by atoms with E-state index in [1.54, 1.807) is 11.3 Å². The summed E-state index contributed by atoms with van der Waals surface area (Å²) in [5.74, 6) is 0. The molecule has 0 aliphatic heterocycles. The van der Waals surface area contributed by atoms with E-state index in [1.807, 2.05) is 11.6 Å². The summed E-state index contributed by atoms with van der Waals surface area (Å²) in [7, 11) is 0. The number of nitrogens with zero attached hydrogens (tertiary/aromatic N) is 2. The monoisotopic (exact) mass is 215 g/mol. The topological polar surface area (TPSA) is 42.1 Å². The second-order valence-electron chi connectivity index (χ2n) is 2.61. The molecule has 13 heavy (non-hydrogen) atoms. The summed E-state index contributed by atoms with van der Waals surface area (Å²) in [6, 6.07) is 0. The Bertz CT molecular complexity index is 258. The molecule has 5 heteroatoms. The molecule has 1 aromatic heterocycles. The number of nitrogens with two attached hydrogens (primary N) is 1. The van der Waals surface area contributed by atoms with Crippen LogP contribution in [0.2, 0.25) is 0 Å². The minimum absolute atomic E-state index is 0.565. The van der Waals surface area contributed by atoms with Gasteiger partial charge in [-0.25, -0.2) is 4.98 Å². The molecule has 72 valence electrons. The van der Waals surface area contributed by atoms with Gasteiger partial charge in [0.1, 0.15) is 0 Å². The molecule has 0 atom stereocenters. The van der Waals surface area contributed by atoms with Gasteiger partial charge < -0.3 is 10.6 Å². The predicted molar refractivity (Wildman–Crippen MR) is 61.4 cm³/mol. The van der Waals surface area contributed by atoms with E-state index in [0.717, 1.165) is 24.6 Å². The average molecular weight is 215 g/mol. The zero-order chi connectivity index (χ0) is 9.68. The van der Waals surface area contributed by atoms with Crippen LogP contribution in [-0.2, 0) is 0 Å². The van der Waals surface area contributed by atoms with E-state index in [9.17, 15) is 0 Å². The van der Waals surface area contributed by atoms with Crippen molar-refractivity contribution in [3.63, 3.8) is 0 Å². The van der Waals surface area contributed by atoms with Crippen molar-refractivity contribution >= 4 is 33.7 Å². The quantitative estimate of drug-likeness (QED) is 0.758. The fourth-order valence-corrected chi connectivity index (χ4v) is 1.83. The first-order chi connectivity index (χ1) is 6.24. The van der Waals surface area contributed by atoms with Gasteiger partial charge in [0, 0.05) is 31.1 Å². The number of hydrogen-bond acceptors (Lipinski definition) is 4. The number of thiazole rings is 1. The molecule has 0 bridgehead atoms. The Kier molecular flexibility index (Phi) is 4.11. The van der Waals surface area contributed by atoms with Gasteiger partial charge in [0.2, 0.25) is 0 Å². The first-order valence-corrected chi connectivity index (χ1v) is 5.45. The Morgan fingerprint density at radius 2 is 2.54 bits per heavy atom. The molecule has 0 aliphatic rings. The van der Waals surface area contributed by atoms with Gasteiger partial charge in [-0.05, 0) is 6.92 Å². The summed E-state index contributed by atoms with van der Waals surface area (Å²) >= 11 is 6.46. The van der Waals surface area contributed by atoms with Crippen LogP contribution in [0, 0.1) is 0 Å². The summed E-state index contributed by atoms with van der Waals surface area (Å²) in [5.41, 5.74) is 5.44. The molecule has 0 aliphatic carbocycles. The maximum absolute atomic E-state index is 5.44. The van der Waals surface area contributed by atoms with E-state index in [0.29, 0.717) is 4.99 Å². The number of rotatable bonds is 5. The van der Waals surface area contributed by atoms with Crippen LogP contribution >= 0.6 is 23.6 Å². The normalized spacial score (nSPS) is 9.92. The first kappa shape index (κ1) is 10.4. The molecule has 0 amide bonds. The van der Waals surface area contributed by atoms with E-state index in [-0.39, 0.29) is 0 Å². The molecule has 0 unspecified atom stereocenters. The highest BCUT2D eigenvalue weighted by atomic mass is 32.1. The number of thiocarbonyl (C=S) groups is 1. The molecular formula is C8H13N3S2. The van der Waals surface area contributed by atoms with Crippen molar-refractivity contribution in [2.75, 3.05) is 18.0 Å². The molecule has 0 aromatic carbocycles. The van der Waals surface area contributed by atoms with Gasteiger partial charge in [0.05, 0.1) is 4.99 Å². The van der Waals surface area contributed by atoms with E-state index in [1.165, 1.54) is 0 Å². The largest absolute Gasteiger partial charge is 0.393 e. The minimum Gasteiger partial charge on any atom is -0.393 e. The lowest BCUT2D eigenvalue weighted by Crippen LogP contribution is -2.26. The van der Waals surface area contributed by atoms with Gasteiger partial charge >= 0.3 is 0 Å². The smallest absolute Gasteiger partial charge is 0.185 e. The Morgan fingerprint density at radius 1 is 1.77 bits per heavy atom. The molecule has 0 saturated heterocycles. The predicted octanol–water partition coefficient (Wildman–Crippen LogP) is 1.65. The van der Waals surface area contributed by atoms with Crippen LogP contribution in [0.25, 0.3) is 0 Å². The van der Waals surface area contributed by atoms with Crippen LogP contribution in [0.3, 0.4) is 0 Å². The average Bonchev–Trinajstić information content (AvgIpc) is 2.58. The molecule has 0 radical (unpaired) electrons. The summed E-state index contributed by atoms with van der Waals surface area (Å²) in [6.45, 7) is 3.90. The number of aromatic nitrogens is 1. The maximum atomic E-state index is 5.44. The molecule has 3 nitrogen and oxygen atoms in total. The Morgan fingerprint density at radius 3 is 3.00 bits per heavy atom. The van der Waals surface area contributed by atoms with E-state index < -0.39 is 0 Å². The van der Waals surface area contributed by atoms with Crippen LogP contribution in [-0.4, -0.2) is 23.1 Å². The van der Waals surface area contributed by atoms with E-state index >= 15 is 0 Å². The molecule has 0 spiro atoms. The SMILES string of the molecule is CCN(CCC(N)=S)c1nccs1. The second kappa shape index (κ2) is 5.14. The van der Waals surface area contributed by atoms with Crippen molar-refractivity contribution in [3.05, 3.63) is 11.6 Å². The van der Waals surface area contributed by atoms with Crippen LogP contribution in [0.5, 0.6) is 0 Å². The van der Waals surface area contributed by atoms with E-state index in [2.05, 4.69) is 16.8 Å². The highest BCUT2D eigenvalue weighted by molar-refractivity contribution is 7.80. The molecule has 0 fully saturated rings. The Hall–Kier alpha value is -0.680. The summed E-state index contributed by atoms with van der Waals surface area (Å²) in [5, 5.41) is 3.01. The van der Waals surface area contributed by atoms with Gasteiger partial charge in [-0.15, -0.1) is 11.3 Å². The minimum atomic E-state index is 0.565. The van der Waals surface area contributed by atoms with Crippen LogP contribution < -0.4 is 10.6 Å². The van der Waals surface area contributed by atoms with Crippen molar-refractivity contribution in [1.29, 1.82) is 0 Å². The third kappa shape index (κ3) is 3.28. The highest BCUT2D eigenvalue weighted by Crippen LogP contribution is 2.16. The van der Waals surface area contributed by atoms with Crippen molar-refractivity contribution in [1.82, 2.24) is 4.98 Å². The summed E-state index contributed by atoms with van der Waals surface area (Å²) in [6.07, 6.45) is 2.56. The van der Waals surface area contributed by atoms with Crippen molar-refractivity contribution in [2.45, 2.75) is 13.3 Å². The Balaban J connectivity index is 2.49. The zero-order valence-corrected chi connectivity index (χ0v) is 9.20. The molecule has 0 saturated carbocycles. The fraction of sp³-hybridized carbons (Fsp3) is 0.500. The summed E-state index contributed by atoms with van der Waals surface area (Å²) in [4.78, 5) is 6.96. The first-order valence-electron chi connectivity index (χ1n) is 4.16. The maximum Gasteiger partial charge on any atom is 0.185 e. The second-order valence-corrected chi connectivity index (χ2v) is 4.01. The van der Waals surface area contributed by atoms with Crippen molar-refractivity contribution < 1.29 is 0 Å². The van der Waals surface area contributed by atoms with Gasteiger partial charge in [-0.1, -0.05) is 12.2 Å².